The largest absolute Gasteiger partial charge is 0.271 e. The number of nitrogens with zero attached hydrogens (tertiary/aromatic N) is 3. The molecule has 0 aliphatic rings. The maximum atomic E-state index is 15.2. The fourth-order valence-electron chi connectivity index (χ4n) is 5.98. The van der Waals surface area contributed by atoms with Crippen molar-refractivity contribution in [2.75, 3.05) is 0 Å². The van der Waals surface area contributed by atoms with Crippen molar-refractivity contribution < 1.29 is 4.21 Å². The predicted molar refractivity (Wildman–Crippen MR) is 188 cm³/mol. The molecule has 0 unspecified atom stereocenters. The fraction of sp³-hybridized carbons (Fsp3) is 0. The highest BCUT2D eigenvalue weighted by Crippen LogP contribution is 2.38. The molecule has 7 aromatic carbocycles. The molecule has 8 aromatic rings. The third-order valence-electron chi connectivity index (χ3n) is 8.36. The number of benzene rings is 7. The number of thiol groups is 1. The Kier molecular flexibility index (Phi) is 7.01. The lowest BCUT2D eigenvalue weighted by Crippen LogP contribution is -2.14. The monoisotopic (exact) mass is 611 g/mol. The van der Waals surface area contributed by atoms with Crippen molar-refractivity contribution >= 4 is 31.5 Å². The minimum atomic E-state index is -3.19. The summed E-state index contributed by atoms with van der Waals surface area (Å²) < 4.78 is 15.2. The summed E-state index contributed by atoms with van der Waals surface area (Å²) in [6.07, 6.45) is 0. The van der Waals surface area contributed by atoms with Crippen LogP contribution in [0.2, 0.25) is 0 Å². The molecule has 0 atom stereocenters. The Bertz CT molecular complexity index is 2270. The minimum Gasteiger partial charge on any atom is -0.271 e. The molecule has 220 valence electrons. The van der Waals surface area contributed by atoms with Crippen LogP contribution < -0.4 is 0 Å². The number of fused-ring (bicyclic) bond motifs is 2. The van der Waals surface area contributed by atoms with Crippen LogP contribution in [0.25, 0.3) is 55.7 Å². The lowest BCUT2D eigenvalue weighted by molar-refractivity contribution is 0.669. The van der Waals surface area contributed by atoms with Gasteiger partial charge in [0.1, 0.15) is 0 Å². The molecule has 0 bridgehead atoms. The summed E-state index contributed by atoms with van der Waals surface area (Å²) in [7, 11) is -3.19. The van der Waals surface area contributed by atoms with E-state index < -0.39 is 9.93 Å². The van der Waals surface area contributed by atoms with Gasteiger partial charge in [0, 0.05) is 31.4 Å². The van der Waals surface area contributed by atoms with E-state index in [1.165, 1.54) is 0 Å². The number of hydrogen-bond acceptors (Lipinski definition) is 4. The molecular formula is C41H29N3OS. The van der Waals surface area contributed by atoms with Gasteiger partial charge in [0.2, 0.25) is 0 Å². The molecule has 0 N–H and O–H groups in total. The second kappa shape index (κ2) is 11.6. The molecule has 0 radical (unpaired) electrons. The van der Waals surface area contributed by atoms with Crippen LogP contribution in [-0.4, -0.2) is 19.2 Å². The maximum Gasteiger partial charge on any atom is 0.164 e. The zero-order chi connectivity index (χ0) is 30.9. The Balaban J connectivity index is 1.32. The topological polar surface area (TPSA) is 55.7 Å². The first-order valence-corrected chi connectivity index (χ1v) is 16.9. The molecule has 0 aliphatic heterocycles. The fourth-order valence-corrected chi connectivity index (χ4v) is 8.68. The van der Waals surface area contributed by atoms with Crippen LogP contribution in [-0.2, 0) is 9.93 Å². The lowest BCUT2D eigenvalue weighted by Gasteiger charge is -2.26. The summed E-state index contributed by atoms with van der Waals surface area (Å²) in [5.41, 5.74) is 2.58. The molecule has 5 heteroatoms. The van der Waals surface area contributed by atoms with Gasteiger partial charge in [0.05, 0.1) is 0 Å². The quantitative estimate of drug-likeness (QED) is 0.190. The molecule has 0 fully saturated rings. The highest BCUT2D eigenvalue weighted by atomic mass is 32.2. The van der Waals surface area contributed by atoms with E-state index >= 15 is 4.21 Å². The van der Waals surface area contributed by atoms with Gasteiger partial charge in [-0.3, -0.25) is 4.21 Å². The van der Waals surface area contributed by atoms with Crippen molar-refractivity contribution in [3.05, 3.63) is 170 Å². The van der Waals surface area contributed by atoms with Crippen molar-refractivity contribution in [1.82, 2.24) is 15.0 Å². The third-order valence-corrected chi connectivity index (χ3v) is 11.4. The van der Waals surface area contributed by atoms with Crippen LogP contribution in [0.4, 0.5) is 0 Å². The van der Waals surface area contributed by atoms with Gasteiger partial charge in [-0.15, -0.1) is 0 Å². The summed E-state index contributed by atoms with van der Waals surface area (Å²) in [6, 6.07) is 56.3. The summed E-state index contributed by atoms with van der Waals surface area (Å²) in [5, 5.41) is 4.53. The Labute approximate surface area is 268 Å². The summed E-state index contributed by atoms with van der Waals surface area (Å²) >= 11 is 0. The maximum absolute atomic E-state index is 15.2. The molecular weight excluding hydrogens is 583 g/mol. The summed E-state index contributed by atoms with van der Waals surface area (Å²) in [5.74, 6) is 1.69. The van der Waals surface area contributed by atoms with E-state index in [4.69, 9.17) is 15.0 Å². The zero-order valence-corrected chi connectivity index (χ0v) is 25.8. The third kappa shape index (κ3) is 5.07. The van der Waals surface area contributed by atoms with Gasteiger partial charge in [-0.1, -0.05) is 121 Å². The standard InChI is InChI=1S/C41H29N3OS/c45-46(36-17-3-1-4-18-36,37-19-5-2-6-20-37)38-21-11-16-33(28-38)39-42-40(34-24-22-29-12-7-9-14-31(29)26-34)44-41(43-39)35-25-23-30-13-8-10-15-32(30)27-35/h1-28,46H. The van der Waals surface area contributed by atoms with Crippen molar-refractivity contribution in [2.45, 2.75) is 14.7 Å². The lowest BCUT2D eigenvalue weighted by atomic mass is 10.1. The average Bonchev–Trinajstić information content (AvgIpc) is 3.14. The Morgan fingerprint density at radius 3 is 1.20 bits per heavy atom. The Morgan fingerprint density at radius 1 is 0.326 bits per heavy atom. The summed E-state index contributed by atoms with van der Waals surface area (Å²) in [4.78, 5) is 17.3. The highest BCUT2D eigenvalue weighted by Gasteiger charge is 2.24. The van der Waals surface area contributed by atoms with E-state index in [9.17, 15) is 0 Å². The van der Waals surface area contributed by atoms with Gasteiger partial charge >= 0.3 is 0 Å². The van der Waals surface area contributed by atoms with Gasteiger partial charge in [-0.2, -0.15) is 0 Å². The predicted octanol–water partition coefficient (Wildman–Crippen LogP) is 9.67. The Morgan fingerprint density at radius 2 is 0.717 bits per heavy atom. The molecule has 0 saturated carbocycles. The van der Waals surface area contributed by atoms with E-state index in [0.29, 0.717) is 17.5 Å². The van der Waals surface area contributed by atoms with E-state index in [0.717, 1.165) is 52.9 Å². The summed E-state index contributed by atoms with van der Waals surface area (Å²) in [6.45, 7) is 0. The smallest absolute Gasteiger partial charge is 0.164 e. The van der Waals surface area contributed by atoms with Crippen LogP contribution in [0.15, 0.2) is 185 Å². The van der Waals surface area contributed by atoms with Crippen LogP contribution in [0.3, 0.4) is 0 Å². The van der Waals surface area contributed by atoms with Gasteiger partial charge in [0.25, 0.3) is 0 Å². The first kappa shape index (κ1) is 27.7. The molecule has 46 heavy (non-hydrogen) atoms. The van der Waals surface area contributed by atoms with Crippen molar-refractivity contribution in [3.63, 3.8) is 0 Å². The minimum absolute atomic E-state index is 0.524. The van der Waals surface area contributed by atoms with Gasteiger partial charge in [-0.25, -0.2) is 15.0 Å². The molecule has 1 heterocycles. The van der Waals surface area contributed by atoms with Gasteiger partial charge in [-0.05, 0) is 80.0 Å². The zero-order valence-electron chi connectivity index (χ0n) is 24.9. The first-order valence-electron chi connectivity index (χ1n) is 15.2. The second-order valence-electron chi connectivity index (χ2n) is 11.3. The van der Waals surface area contributed by atoms with Crippen LogP contribution >= 0.6 is 0 Å². The van der Waals surface area contributed by atoms with E-state index in [2.05, 4.69) is 60.7 Å². The van der Waals surface area contributed by atoms with Gasteiger partial charge in [0.15, 0.2) is 17.5 Å². The van der Waals surface area contributed by atoms with Crippen LogP contribution in [0.1, 0.15) is 0 Å². The molecule has 0 spiro atoms. The molecule has 0 amide bonds. The molecule has 4 nitrogen and oxygen atoms in total. The SMILES string of the molecule is O=[SH](c1ccccc1)(c1ccccc1)c1cccc(-c2nc(-c3ccc4ccccc4c3)nc(-c3ccc4ccccc4c3)n2)c1. The average molecular weight is 612 g/mol. The second-order valence-corrected chi connectivity index (χ2v) is 14.0. The van der Waals surface area contributed by atoms with Crippen molar-refractivity contribution in [3.8, 4) is 34.2 Å². The highest BCUT2D eigenvalue weighted by molar-refractivity contribution is 8.03. The number of hydrogen-bond donors (Lipinski definition) is 1. The first-order chi connectivity index (χ1) is 22.6. The van der Waals surface area contributed by atoms with Crippen molar-refractivity contribution in [1.29, 1.82) is 0 Å². The van der Waals surface area contributed by atoms with E-state index in [1.807, 2.05) is 109 Å². The normalized spacial score (nSPS) is 11.9. The van der Waals surface area contributed by atoms with Crippen LogP contribution in [0.5, 0.6) is 0 Å². The number of rotatable bonds is 6. The van der Waals surface area contributed by atoms with Gasteiger partial charge < -0.3 is 0 Å². The van der Waals surface area contributed by atoms with E-state index in [1.54, 1.807) is 0 Å². The van der Waals surface area contributed by atoms with Crippen LogP contribution in [0, 0.1) is 0 Å². The Hall–Kier alpha value is -5.78. The molecule has 0 saturated heterocycles. The van der Waals surface area contributed by atoms with Crippen molar-refractivity contribution in [2.24, 2.45) is 0 Å². The molecule has 0 aliphatic carbocycles. The molecule has 1 aromatic heterocycles. The van der Waals surface area contributed by atoms with E-state index in [-0.39, 0.29) is 0 Å². The number of aromatic nitrogens is 3. The molecule has 8 rings (SSSR count).